The number of rotatable bonds is 27. The van der Waals surface area contributed by atoms with Crippen LogP contribution in [-0.2, 0) is 71.2 Å². The van der Waals surface area contributed by atoms with Crippen molar-refractivity contribution in [3.05, 3.63) is 0 Å². The van der Waals surface area contributed by atoms with Crippen LogP contribution in [-0.4, -0.2) is 445 Å². The molecule has 0 amide bonds. The van der Waals surface area contributed by atoms with Crippen LogP contribution in [0.2, 0.25) is 0 Å². The van der Waals surface area contributed by atoms with Crippen molar-refractivity contribution in [1.29, 1.82) is 0 Å². The molecule has 0 aromatic rings. The fourth-order valence-electron chi connectivity index (χ4n) is 11.6. The van der Waals surface area contributed by atoms with E-state index in [9.17, 15) is 158 Å². The van der Waals surface area contributed by atoms with Crippen LogP contribution in [0.25, 0.3) is 0 Å². The third kappa shape index (κ3) is 16.4. The molecule has 0 aliphatic carbocycles. The molecule has 0 saturated carbocycles. The maximum absolute atomic E-state index is 13.2. The number of ether oxygens (including phenoxy) is 13. The summed E-state index contributed by atoms with van der Waals surface area (Å²) in [7, 11) is 0. The molecule has 44 nitrogen and oxygen atoms in total. The van der Waals surface area contributed by atoms with Gasteiger partial charge in [-0.05, 0) is 0 Å². The van der Waals surface area contributed by atoms with Crippen LogP contribution in [0.5, 0.6) is 0 Å². The minimum Gasteiger partial charge on any atom is -0.477 e. The van der Waals surface area contributed by atoms with Crippen LogP contribution >= 0.6 is 0 Å². The van der Waals surface area contributed by atoms with E-state index in [1.807, 2.05) is 0 Å². The predicted octanol–water partition coefficient (Wildman–Crippen LogP) is -19.1. The number of hydrogen-bond donors (Lipinski definition) is 29. The van der Waals surface area contributed by atoms with Crippen molar-refractivity contribution in [3.63, 3.8) is 0 Å². The standard InChI is InChI=1S/C50H84O44/c51-3-11(57)33-25(69)22(66)28(72)42(85-33)82-8-15(61)34-26(70)23(67)29(73)43(86-34)83-9-16(62)35-27(71)24(68)31(75)45(87-35)90-40-32(76)46(88-37(13(59)5-53)41(40)91-44-30(74)21(65)20(64)18(7-55)84-44)89-39-17(2-49(81,47(77)78)93-38(39)14(60)6-54)92-50(48(79)80)1-10(56)19(63)36(94-50)12(58)4-52/h10-46,51-76,81H,1-9H2,(H,77,78)(H,79,80)/t10-,11-,12-,13+,14-,15+,16+,17-,18-,19-,20-,21+,22+,23+,24+,25+,26+,27+,28+,29+,30-,31+,32+,33-,34-,35-,36-,37-,38-,39-,40-,41-,42+,43+,44+,45-,46-,49-,50-/m1/s1. The Bertz CT molecular complexity index is 2370. The Labute approximate surface area is 527 Å². The summed E-state index contributed by atoms with van der Waals surface area (Å²) in [5.41, 5.74) is 0. The summed E-state index contributed by atoms with van der Waals surface area (Å²) in [5, 5.41) is 311. The lowest BCUT2D eigenvalue weighted by Gasteiger charge is -2.52. The first kappa shape index (κ1) is 78.7. The molecule has 39 atom stereocenters. The first-order valence-corrected chi connectivity index (χ1v) is 29.1. The lowest BCUT2D eigenvalue weighted by Crippen LogP contribution is -2.71. The molecule has 0 bridgehead atoms. The van der Waals surface area contributed by atoms with Crippen molar-refractivity contribution in [2.75, 3.05) is 46.2 Å². The van der Waals surface area contributed by atoms with Crippen molar-refractivity contribution in [3.8, 4) is 0 Å². The maximum Gasteiger partial charge on any atom is 0.364 e. The van der Waals surface area contributed by atoms with Crippen molar-refractivity contribution in [2.45, 2.75) is 251 Å². The number of carboxylic acid groups (broad SMARTS) is 2. The Kier molecular flexibility index (Phi) is 27.4. The maximum atomic E-state index is 13.2. The van der Waals surface area contributed by atoms with E-state index < -0.39 is 309 Å². The van der Waals surface area contributed by atoms with Gasteiger partial charge in [0, 0.05) is 12.8 Å². The monoisotopic (exact) mass is 1390 g/mol. The van der Waals surface area contributed by atoms with Crippen molar-refractivity contribution in [1.82, 2.24) is 0 Å². The number of aliphatic carboxylic acids is 2. The van der Waals surface area contributed by atoms with E-state index in [1.165, 1.54) is 0 Å². The lowest BCUT2D eigenvalue weighted by molar-refractivity contribution is -0.413. The van der Waals surface area contributed by atoms with E-state index in [0.29, 0.717) is 0 Å². The van der Waals surface area contributed by atoms with Crippen LogP contribution in [0.1, 0.15) is 12.8 Å². The van der Waals surface area contributed by atoms with Gasteiger partial charge < -0.3 is 210 Å². The van der Waals surface area contributed by atoms with Gasteiger partial charge in [0.1, 0.15) is 183 Å². The minimum absolute atomic E-state index is 0.999. The van der Waals surface area contributed by atoms with Gasteiger partial charge in [0.25, 0.3) is 11.6 Å². The molecule has 548 valence electrons. The van der Waals surface area contributed by atoms with E-state index in [4.69, 9.17) is 61.6 Å². The molecule has 94 heavy (non-hydrogen) atoms. The first-order valence-electron chi connectivity index (χ1n) is 29.1. The van der Waals surface area contributed by atoms with Gasteiger partial charge in [-0.25, -0.2) is 9.59 Å². The Morgan fingerprint density at radius 1 is 0.383 bits per heavy atom. The third-order valence-corrected chi connectivity index (χ3v) is 17.0. The summed E-state index contributed by atoms with van der Waals surface area (Å²) in [6.45, 7) is -8.54. The summed E-state index contributed by atoms with van der Waals surface area (Å²) in [6.07, 6.45) is -87.5. The van der Waals surface area contributed by atoms with Crippen LogP contribution in [0.3, 0.4) is 0 Å². The zero-order valence-corrected chi connectivity index (χ0v) is 48.8. The van der Waals surface area contributed by atoms with Gasteiger partial charge in [0.05, 0.1) is 58.5 Å². The molecule has 0 spiro atoms. The van der Waals surface area contributed by atoms with Crippen molar-refractivity contribution >= 4 is 11.9 Å². The molecule has 7 aliphatic rings. The second-order valence-electron chi connectivity index (χ2n) is 23.5. The molecule has 7 saturated heterocycles. The van der Waals surface area contributed by atoms with E-state index in [2.05, 4.69) is 0 Å². The number of hydrogen-bond acceptors (Lipinski definition) is 42. The molecular weight excluding hydrogens is 1300 g/mol. The number of carboxylic acids is 2. The van der Waals surface area contributed by atoms with Crippen LogP contribution in [0.4, 0.5) is 0 Å². The Morgan fingerprint density at radius 3 is 1.23 bits per heavy atom. The first-order chi connectivity index (χ1) is 44.1. The van der Waals surface area contributed by atoms with E-state index in [-0.39, 0.29) is 0 Å². The number of aliphatic hydroxyl groups excluding tert-OH is 26. The summed E-state index contributed by atoms with van der Waals surface area (Å²) >= 11 is 0. The van der Waals surface area contributed by atoms with Crippen LogP contribution < -0.4 is 0 Å². The third-order valence-electron chi connectivity index (χ3n) is 17.0. The van der Waals surface area contributed by atoms with E-state index in [0.717, 1.165) is 0 Å². The lowest BCUT2D eigenvalue weighted by atomic mass is 9.89. The number of aliphatic hydroxyl groups is 27. The van der Waals surface area contributed by atoms with Crippen molar-refractivity contribution < 1.29 is 219 Å². The highest BCUT2D eigenvalue weighted by Crippen LogP contribution is 2.43. The fraction of sp³-hybridized carbons (Fsp3) is 0.960. The smallest absolute Gasteiger partial charge is 0.364 e. The average molecular weight is 1390 g/mol. The molecule has 7 aliphatic heterocycles. The van der Waals surface area contributed by atoms with Gasteiger partial charge in [-0.2, -0.15) is 0 Å². The van der Waals surface area contributed by atoms with Gasteiger partial charge in [-0.15, -0.1) is 0 Å². The van der Waals surface area contributed by atoms with Crippen molar-refractivity contribution in [2.24, 2.45) is 0 Å². The fourth-order valence-corrected chi connectivity index (χ4v) is 11.6. The molecule has 44 heteroatoms. The molecule has 0 aromatic carbocycles. The summed E-state index contributed by atoms with van der Waals surface area (Å²) < 4.78 is 72.8. The summed E-state index contributed by atoms with van der Waals surface area (Å²) in [5.74, 6) is -11.6. The molecule has 7 fully saturated rings. The van der Waals surface area contributed by atoms with E-state index >= 15 is 0 Å². The summed E-state index contributed by atoms with van der Waals surface area (Å²) in [6, 6.07) is 0. The molecule has 7 heterocycles. The predicted molar refractivity (Wildman–Crippen MR) is 278 cm³/mol. The highest BCUT2D eigenvalue weighted by Gasteiger charge is 2.64. The average Bonchev–Trinajstić information content (AvgIpc) is 0.755. The quantitative estimate of drug-likeness (QED) is 0.0363. The zero-order valence-electron chi connectivity index (χ0n) is 48.8. The largest absolute Gasteiger partial charge is 0.477 e. The highest BCUT2D eigenvalue weighted by atomic mass is 16.8. The van der Waals surface area contributed by atoms with Gasteiger partial charge in [-0.1, -0.05) is 0 Å². The molecule has 29 N–H and O–H groups in total. The SMILES string of the molecule is O=C(O)[C@@]1(O[C@@H]2C[C@](O)(C(=O)O)O[C@H]([C@H](O)CO)[C@@H]2O[C@H]2O[C@H]([C@@H](O)CO)[C@@H](O[C@@H]3O[C@H](CO)[C@@H](O)[C@H](O)[C@H]3O)[C@H](O[C@H]3O[C@H]([C@@H](O)CO[C@H]4O[C@H]([C@@H](O)CO[C@H]5O[C@H]([C@H](O)CO)[C@@H](O)[C@H](O)[C@@H]5O)[C@@H](O)[C@H](O)[C@@H]4O)[C@@H](O)[C@H](O)[C@@H]3O)[C@@H]2O)C[C@@H](O)[C@@H](O)[C@@H]([C@H](O)CO)O1. The van der Waals surface area contributed by atoms with Gasteiger partial charge in [0.2, 0.25) is 0 Å². The normalized spacial score (nSPS) is 48.4. The van der Waals surface area contributed by atoms with Gasteiger partial charge in [0.15, 0.2) is 31.5 Å². The van der Waals surface area contributed by atoms with Crippen LogP contribution in [0, 0.1) is 0 Å². The van der Waals surface area contributed by atoms with Gasteiger partial charge >= 0.3 is 11.9 Å². The molecule has 7 rings (SSSR count). The Morgan fingerprint density at radius 2 is 0.766 bits per heavy atom. The second-order valence-corrected chi connectivity index (χ2v) is 23.5. The topological polar surface area (TPSA) is 741 Å². The van der Waals surface area contributed by atoms with E-state index in [1.54, 1.807) is 0 Å². The van der Waals surface area contributed by atoms with Gasteiger partial charge in [-0.3, -0.25) is 0 Å². The Balaban J connectivity index is 1.19. The molecule has 0 radical (unpaired) electrons. The molecule has 0 aromatic heterocycles. The number of carbonyl (C=O) groups is 2. The molecule has 0 unspecified atom stereocenters. The molecular formula is C50H84O44. The summed E-state index contributed by atoms with van der Waals surface area (Å²) in [4.78, 5) is 25.8. The second kappa shape index (κ2) is 32.8. The Hall–Kier alpha value is -2.66. The zero-order chi connectivity index (χ0) is 70.1. The van der Waals surface area contributed by atoms with Crippen LogP contribution in [0.15, 0.2) is 0 Å². The minimum atomic E-state index is -3.60. The highest BCUT2D eigenvalue weighted by molar-refractivity contribution is 5.76.